The normalized spacial score (nSPS) is 17.2. The zero-order valence-corrected chi connectivity index (χ0v) is 6.65. The fourth-order valence-corrected chi connectivity index (χ4v) is 0.924. The Labute approximate surface area is 84.4 Å². The van der Waals surface area contributed by atoms with E-state index in [0.29, 0.717) is 0 Å². The molecule has 2 N–H and O–H groups in total. The highest BCUT2D eigenvalue weighted by Crippen LogP contribution is 2.06. The average Bonchev–Trinajstić information content (AvgIpc) is 2.26. The molecule has 0 spiro atoms. The van der Waals surface area contributed by atoms with Crippen molar-refractivity contribution in [2.24, 2.45) is 0 Å². The minimum Gasteiger partial charge on any atom is -0.423 e. The summed E-state index contributed by atoms with van der Waals surface area (Å²) in [5.74, 6) is 0. The van der Waals surface area contributed by atoms with Crippen molar-refractivity contribution in [3.05, 3.63) is 29.3 Å². The Balaban J connectivity index is 3.40. The topological polar surface area (TPSA) is 64.2 Å². The molecule has 0 amide bonds. The summed E-state index contributed by atoms with van der Waals surface area (Å²) in [5.41, 5.74) is -0.534. The lowest BCUT2D eigenvalue weighted by Gasteiger charge is -2.03. The summed E-state index contributed by atoms with van der Waals surface area (Å²) in [6, 6.07) is 4.97. The van der Waals surface area contributed by atoms with E-state index in [2.05, 4.69) is 0 Å². The van der Waals surface area contributed by atoms with Crippen molar-refractivity contribution in [2.45, 2.75) is 13.2 Å². The van der Waals surface area contributed by atoms with Gasteiger partial charge in [-0.1, -0.05) is 19.0 Å². The summed E-state index contributed by atoms with van der Waals surface area (Å²) >= 11 is 0. The van der Waals surface area contributed by atoms with Crippen LogP contribution in [0.15, 0.2) is 18.2 Å². The third-order valence-electron chi connectivity index (χ3n) is 1.60. The van der Waals surface area contributed by atoms with E-state index in [9.17, 15) is 0 Å². The van der Waals surface area contributed by atoms with Gasteiger partial charge in [-0.2, -0.15) is 5.26 Å². The standard InChI is InChI=1S/C9H10BNO2/c1-2-7-3-4-9(10(12)13)5-8(7)6-11/h3-5,12-13H,2H2,1H3/i1D3,2D2. The van der Waals surface area contributed by atoms with E-state index in [4.69, 9.17) is 22.2 Å². The molecule has 0 fully saturated rings. The van der Waals surface area contributed by atoms with Crippen LogP contribution in [0.1, 0.15) is 24.8 Å². The van der Waals surface area contributed by atoms with Gasteiger partial charge in [0.15, 0.2) is 0 Å². The monoisotopic (exact) mass is 180 g/mol. The van der Waals surface area contributed by atoms with Crippen molar-refractivity contribution >= 4 is 12.6 Å². The smallest absolute Gasteiger partial charge is 0.423 e. The highest BCUT2D eigenvalue weighted by molar-refractivity contribution is 6.58. The predicted octanol–water partition coefficient (Wildman–Crippen LogP) is -0.200. The molecule has 66 valence electrons. The van der Waals surface area contributed by atoms with Crippen molar-refractivity contribution < 1.29 is 16.9 Å². The molecule has 0 heterocycles. The molecule has 0 bridgehead atoms. The maximum absolute atomic E-state index is 8.94. The van der Waals surface area contributed by atoms with Crippen molar-refractivity contribution in [2.75, 3.05) is 0 Å². The van der Waals surface area contributed by atoms with Gasteiger partial charge in [-0.05, 0) is 23.5 Å². The number of hydrogen-bond acceptors (Lipinski definition) is 3. The van der Waals surface area contributed by atoms with Crippen LogP contribution in [0.25, 0.3) is 0 Å². The Bertz CT molecular complexity index is 495. The van der Waals surface area contributed by atoms with E-state index in [0.717, 1.165) is 12.1 Å². The predicted molar refractivity (Wildman–Crippen MR) is 50.4 cm³/mol. The second-order valence-corrected chi connectivity index (χ2v) is 2.42. The van der Waals surface area contributed by atoms with Crippen LogP contribution >= 0.6 is 0 Å². The summed E-state index contributed by atoms with van der Waals surface area (Å²) in [4.78, 5) is 0. The summed E-state index contributed by atoms with van der Waals surface area (Å²) in [7, 11) is -1.80. The van der Waals surface area contributed by atoms with Crippen molar-refractivity contribution in [3.8, 4) is 6.07 Å². The van der Waals surface area contributed by atoms with Crippen LogP contribution < -0.4 is 5.46 Å². The molecule has 0 radical (unpaired) electrons. The summed E-state index contributed by atoms with van der Waals surface area (Å²) in [5, 5.41) is 26.8. The first-order valence-electron chi connectivity index (χ1n) is 6.02. The van der Waals surface area contributed by atoms with Crippen LogP contribution in [0.5, 0.6) is 0 Å². The second-order valence-electron chi connectivity index (χ2n) is 2.42. The van der Waals surface area contributed by atoms with Crippen LogP contribution in [0.3, 0.4) is 0 Å². The Morgan fingerprint density at radius 2 is 2.46 bits per heavy atom. The number of rotatable bonds is 2. The number of benzene rings is 1. The lowest BCUT2D eigenvalue weighted by atomic mass is 9.79. The molecular formula is C9H10BNO2. The largest absolute Gasteiger partial charge is 0.488 e. The number of nitrogens with zero attached hydrogens (tertiary/aromatic N) is 1. The van der Waals surface area contributed by atoms with Crippen molar-refractivity contribution in [1.29, 1.82) is 5.26 Å². The molecule has 1 aromatic rings. The number of hydrogen-bond donors (Lipinski definition) is 2. The number of nitriles is 1. The Hall–Kier alpha value is -1.31. The first-order valence-corrected chi connectivity index (χ1v) is 3.52. The fraction of sp³-hybridized carbons (Fsp3) is 0.222. The highest BCUT2D eigenvalue weighted by Gasteiger charge is 2.12. The molecule has 0 saturated heterocycles. The first-order chi connectivity index (χ1) is 8.11. The third kappa shape index (κ3) is 2.08. The first kappa shape index (κ1) is 4.80. The number of aryl methyl sites for hydroxylation is 1. The quantitative estimate of drug-likeness (QED) is 0.619. The molecule has 1 rings (SSSR count). The molecular weight excluding hydrogens is 165 g/mol. The maximum Gasteiger partial charge on any atom is 0.488 e. The van der Waals surface area contributed by atoms with Crippen LogP contribution in [0.2, 0.25) is 0 Å². The summed E-state index contributed by atoms with van der Waals surface area (Å²) < 4.78 is 36.5. The van der Waals surface area contributed by atoms with Gasteiger partial charge in [-0.15, -0.1) is 0 Å². The van der Waals surface area contributed by atoms with Crippen molar-refractivity contribution in [3.63, 3.8) is 0 Å². The molecule has 1 aromatic carbocycles. The van der Waals surface area contributed by atoms with Gasteiger partial charge in [0.2, 0.25) is 0 Å². The van der Waals surface area contributed by atoms with Gasteiger partial charge < -0.3 is 10.0 Å². The molecule has 0 aromatic heterocycles. The lowest BCUT2D eigenvalue weighted by molar-refractivity contribution is 0.426. The Kier molecular flexibility index (Phi) is 1.51. The maximum atomic E-state index is 8.94. The SMILES string of the molecule is [2H]C([2H])([2H])C([2H])([2H])c1ccc(B(O)O)cc1C#N. The van der Waals surface area contributed by atoms with Gasteiger partial charge in [-0.25, -0.2) is 0 Å². The molecule has 0 unspecified atom stereocenters. The Morgan fingerprint density at radius 1 is 1.69 bits per heavy atom. The molecule has 0 saturated carbocycles. The zero-order valence-electron chi connectivity index (χ0n) is 11.7. The van der Waals surface area contributed by atoms with Gasteiger partial charge in [0, 0.05) is 6.85 Å². The molecule has 0 aliphatic heterocycles. The highest BCUT2D eigenvalue weighted by atomic mass is 16.4. The second kappa shape index (κ2) is 4.08. The van der Waals surface area contributed by atoms with Crippen LogP contribution in [0.4, 0.5) is 0 Å². The van der Waals surface area contributed by atoms with Crippen LogP contribution in [-0.2, 0) is 6.37 Å². The van der Waals surface area contributed by atoms with Gasteiger partial charge in [0.05, 0.1) is 11.6 Å². The zero-order chi connectivity index (χ0) is 14.1. The van der Waals surface area contributed by atoms with E-state index in [1.807, 2.05) is 0 Å². The van der Waals surface area contributed by atoms with E-state index >= 15 is 0 Å². The van der Waals surface area contributed by atoms with Crippen molar-refractivity contribution in [1.82, 2.24) is 0 Å². The molecule has 13 heavy (non-hydrogen) atoms. The van der Waals surface area contributed by atoms with Gasteiger partial charge in [-0.3, -0.25) is 0 Å². The molecule has 3 nitrogen and oxygen atoms in total. The fourth-order valence-electron chi connectivity index (χ4n) is 0.924. The van der Waals surface area contributed by atoms with E-state index in [1.54, 1.807) is 6.07 Å². The molecule has 0 aliphatic rings. The average molecular weight is 180 g/mol. The summed E-state index contributed by atoms with van der Waals surface area (Å²) in [6.07, 6.45) is -2.68. The minimum atomic E-state index is -2.92. The van der Waals surface area contributed by atoms with Gasteiger partial charge in [0.1, 0.15) is 0 Å². The van der Waals surface area contributed by atoms with Gasteiger partial charge >= 0.3 is 7.12 Å². The van der Waals surface area contributed by atoms with Crippen LogP contribution in [0, 0.1) is 11.3 Å². The molecule has 4 heteroatoms. The molecule has 0 aliphatic carbocycles. The van der Waals surface area contributed by atoms with Gasteiger partial charge in [0.25, 0.3) is 0 Å². The van der Waals surface area contributed by atoms with E-state index < -0.39 is 20.3 Å². The summed E-state index contributed by atoms with van der Waals surface area (Å²) in [6.45, 7) is -2.92. The lowest BCUT2D eigenvalue weighted by Crippen LogP contribution is -2.30. The third-order valence-corrected chi connectivity index (χ3v) is 1.60. The Morgan fingerprint density at radius 3 is 3.00 bits per heavy atom. The van der Waals surface area contributed by atoms with Crippen LogP contribution in [-0.4, -0.2) is 17.2 Å². The minimum absolute atomic E-state index is 0.00311. The van der Waals surface area contributed by atoms with E-state index in [1.165, 1.54) is 6.07 Å². The molecule has 0 atom stereocenters. The van der Waals surface area contributed by atoms with E-state index in [-0.39, 0.29) is 16.6 Å².